The Kier molecular flexibility index (Phi) is 2.92. The molecule has 0 radical (unpaired) electrons. The van der Waals surface area contributed by atoms with E-state index in [-0.39, 0.29) is 0 Å². The molecule has 94 valence electrons. The Morgan fingerprint density at radius 2 is 2.18 bits per heavy atom. The summed E-state index contributed by atoms with van der Waals surface area (Å²) in [6.45, 7) is 2.25. The summed E-state index contributed by atoms with van der Waals surface area (Å²) in [7, 11) is 2.22. The van der Waals surface area contributed by atoms with Crippen molar-refractivity contribution >= 4 is 0 Å². The summed E-state index contributed by atoms with van der Waals surface area (Å²) in [6, 6.07) is 0.850. The number of piperidine rings is 1. The topological polar surface area (TPSA) is 47.1 Å². The van der Waals surface area contributed by atoms with E-state index >= 15 is 0 Å². The van der Waals surface area contributed by atoms with Crippen LogP contribution >= 0.6 is 0 Å². The molecule has 4 nitrogen and oxygen atoms in total. The average Bonchev–Trinajstić information content (AvgIpc) is 2.72. The Hall–Kier alpha value is -0.870. The minimum absolute atomic E-state index is 0.330. The molecule has 1 aromatic heterocycles. The largest absolute Gasteiger partial charge is 0.331 e. The monoisotopic (exact) mass is 234 g/mol. The standard InChI is InChI=1S/C13H22N4/c1-16-6-3-2-4-12(16)13-15-9-11-8-10(14)5-7-17(11)13/h9-10,12H,2-8,14H2,1H3. The zero-order valence-corrected chi connectivity index (χ0v) is 10.6. The fourth-order valence-corrected chi connectivity index (χ4v) is 3.18. The first-order valence-corrected chi connectivity index (χ1v) is 6.76. The number of imidazole rings is 1. The lowest BCUT2D eigenvalue weighted by Crippen LogP contribution is -2.35. The van der Waals surface area contributed by atoms with E-state index in [9.17, 15) is 0 Å². The predicted molar refractivity (Wildman–Crippen MR) is 67.7 cm³/mol. The lowest BCUT2D eigenvalue weighted by atomic mass is 10.0. The van der Waals surface area contributed by atoms with Crippen LogP contribution in [0.5, 0.6) is 0 Å². The van der Waals surface area contributed by atoms with Crippen molar-refractivity contribution in [3.8, 4) is 0 Å². The lowest BCUT2D eigenvalue weighted by molar-refractivity contribution is 0.174. The number of fused-ring (bicyclic) bond motifs is 1. The van der Waals surface area contributed by atoms with Gasteiger partial charge in [-0.05, 0) is 32.9 Å². The van der Waals surface area contributed by atoms with Crippen molar-refractivity contribution in [2.45, 2.75) is 50.7 Å². The fraction of sp³-hybridized carbons (Fsp3) is 0.769. The number of hydrogen-bond acceptors (Lipinski definition) is 3. The van der Waals surface area contributed by atoms with Crippen LogP contribution in [-0.4, -0.2) is 34.1 Å². The summed E-state index contributed by atoms with van der Waals surface area (Å²) >= 11 is 0. The molecule has 2 unspecified atom stereocenters. The van der Waals surface area contributed by atoms with Gasteiger partial charge in [-0.15, -0.1) is 0 Å². The number of aromatic nitrogens is 2. The molecule has 2 N–H and O–H groups in total. The first kappa shape index (κ1) is 11.2. The molecule has 3 rings (SSSR count). The Morgan fingerprint density at radius 1 is 1.29 bits per heavy atom. The highest BCUT2D eigenvalue weighted by Crippen LogP contribution is 2.30. The van der Waals surface area contributed by atoms with Crippen LogP contribution in [0, 0.1) is 0 Å². The van der Waals surface area contributed by atoms with Gasteiger partial charge in [0.25, 0.3) is 0 Å². The van der Waals surface area contributed by atoms with Crippen molar-refractivity contribution in [2.24, 2.45) is 5.73 Å². The molecule has 1 fully saturated rings. The average molecular weight is 234 g/mol. The molecule has 0 aliphatic carbocycles. The number of rotatable bonds is 1. The number of nitrogens with zero attached hydrogens (tertiary/aromatic N) is 3. The van der Waals surface area contributed by atoms with E-state index in [0.717, 1.165) is 19.4 Å². The van der Waals surface area contributed by atoms with Gasteiger partial charge in [-0.1, -0.05) is 6.42 Å². The first-order chi connectivity index (χ1) is 8.25. The van der Waals surface area contributed by atoms with Gasteiger partial charge in [0, 0.05) is 30.9 Å². The summed E-state index contributed by atoms with van der Waals surface area (Å²) in [5, 5.41) is 0. The zero-order chi connectivity index (χ0) is 11.8. The fourth-order valence-electron chi connectivity index (χ4n) is 3.18. The molecule has 2 aliphatic heterocycles. The van der Waals surface area contributed by atoms with Crippen LogP contribution < -0.4 is 5.73 Å². The van der Waals surface area contributed by atoms with Crippen molar-refractivity contribution in [3.05, 3.63) is 17.7 Å². The van der Waals surface area contributed by atoms with Crippen LogP contribution in [0.15, 0.2) is 6.20 Å². The maximum atomic E-state index is 6.01. The molecule has 0 spiro atoms. The molecule has 0 aromatic carbocycles. The van der Waals surface area contributed by atoms with Gasteiger partial charge >= 0.3 is 0 Å². The highest BCUT2D eigenvalue weighted by Gasteiger charge is 2.27. The van der Waals surface area contributed by atoms with Gasteiger partial charge in [-0.2, -0.15) is 0 Å². The maximum Gasteiger partial charge on any atom is 0.126 e. The first-order valence-electron chi connectivity index (χ1n) is 6.76. The quantitative estimate of drug-likeness (QED) is 0.797. The van der Waals surface area contributed by atoms with Crippen molar-refractivity contribution in [1.29, 1.82) is 0 Å². The second-order valence-corrected chi connectivity index (χ2v) is 5.50. The van der Waals surface area contributed by atoms with Gasteiger partial charge in [0.1, 0.15) is 5.82 Å². The van der Waals surface area contributed by atoms with Gasteiger partial charge in [-0.3, -0.25) is 4.90 Å². The second-order valence-electron chi connectivity index (χ2n) is 5.50. The van der Waals surface area contributed by atoms with E-state index in [4.69, 9.17) is 5.73 Å². The Balaban J connectivity index is 1.88. The van der Waals surface area contributed by atoms with E-state index in [1.54, 1.807) is 0 Å². The third kappa shape index (κ3) is 2.00. The van der Waals surface area contributed by atoms with E-state index in [2.05, 4.69) is 21.5 Å². The molecular formula is C13H22N4. The van der Waals surface area contributed by atoms with Crippen LogP contribution in [-0.2, 0) is 13.0 Å². The summed E-state index contributed by atoms with van der Waals surface area (Å²) in [4.78, 5) is 7.12. The van der Waals surface area contributed by atoms with Crippen molar-refractivity contribution in [1.82, 2.24) is 14.5 Å². The van der Waals surface area contributed by atoms with Crippen LogP contribution in [0.3, 0.4) is 0 Å². The van der Waals surface area contributed by atoms with Crippen molar-refractivity contribution in [3.63, 3.8) is 0 Å². The van der Waals surface area contributed by atoms with E-state index in [1.807, 2.05) is 6.20 Å². The number of hydrogen-bond donors (Lipinski definition) is 1. The molecule has 0 amide bonds. The van der Waals surface area contributed by atoms with E-state index in [0.29, 0.717) is 12.1 Å². The normalized spacial score (nSPS) is 30.2. The third-order valence-electron chi connectivity index (χ3n) is 4.23. The zero-order valence-electron chi connectivity index (χ0n) is 10.6. The summed E-state index contributed by atoms with van der Waals surface area (Å²) in [5.74, 6) is 1.27. The summed E-state index contributed by atoms with van der Waals surface area (Å²) in [6.07, 6.45) is 8.02. The van der Waals surface area contributed by atoms with Crippen LogP contribution in [0.2, 0.25) is 0 Å². The van der Waals surface area contributed by atoms with Crippen LogP contribution in [0.25, 0.3) is 0 Å². The van der Waals surface area contributed by atoms with E-state index < -0.39 is 0 Å². The molecular weight excluding hydrogens is 212 g/mol. The third-order valence-corrected chi connectivity index (χ3v) is 4.23. The number of likely N-dealkylation sites (tertiary alicyclic amines) is 1. The molecule has 2 aliphatic rings. The minimum atomic E-state index is 0.330. The Bertz CT molecular complexity index is 398. The molecule has 3 heterocycles. The molecule has 17 heavy (non-hydrogen) atoms. The highest BCUT2D eigenvalue weighted by molar-refractivity contribution is 5.13. The van der Waals surface area contributed by atoms with Crippen molar-refractivity contribution in [2.75, 3.05) is 13.6 Å². The summed E-state index contributed by atoms with van der Waals surface area (Å²) in [5.41, 5.74) is 7.34. The van der Waals surface area contributed by atoms with Gasteiger partial charge in [0.15, 0.2) is 0 Å². The summed E-state index contributed by atoms with van der Waals surface area (Å²) < 4.78 is 2.41. The Labute approximate surface area is 103 Å². The van der Waals surface area contributed by atoms with E-state index in [1.165, 1.54) is 37.3 Å². The predicted octanol–water partition coefficient (Wildman–Crippen LogP) is 1.31. The van der Waals surface area contributed by atoms with Gasteiger partial charge in [0.05, 0.1) is 6.04 Å². The SMILES string of the molecule is CN1CCCCC1c1ncc2n1CCC(N)C2. The van der Waals surface area contributed by atoms with Crippen LogP contribution in [0.1, 0.15) is 43.2 Å². The van der Waals surface area contributed by atoms with Gasteiger partial charge in [-0.25, -0.2) is 4.98 Å². The second kappa shape index (κ2) is 4.42. The molecule has 0 bridgehead atoms. The van der Waals surface area contributed by atoms with Crippen molar-refractivity contribution < 1.29 is 0 Å². The molecule has 4 heteroatoms. The van der Waals surface area contributed by atoms with Gasteiger partial charge < -0.3 is 10.3 Å². The van der Waals surface area contributed by atoms with Crippen LogP contribution in [0.4, 0.5) is 0 Å². The maximum absolute atomic E-state index is 6.01. The minimum Gasteiger partial charge on any atom is -0.331 e. The van der Waals surface area contributed by atoms with Gasteiger partial charge in [0.2, 0.25) is 0 Å². The lowest BCUT2D eigenvalue weighted by Gasteiger charge is -2.33. The molecule has 1 saturated heterocycles. The highest BCUT2D eigenvalue weighted by atomic mass is 15.2. The smallest absolute Gasteiger partial charge is 0.126 e. The molecule has 0 saturated carbocycles. The molecule has 2 atom stereocenters. The Morgan fingerprint density at radius 3 is 3.00 bits per heavy atom. The number of nitrogens with two attached hydrogens (primary N) is 1. The molecule has 1 aromatic rings.